The number of rotatable bonds is 1. The van der Waals surface area contributed by atoms with E-state index in [1.54, 1.807) is 6.07 Å². The minimum atomic E-state index is -1.05. The predicted molar refractivity (Wildman–Crippen MR) is 56.0 cm³/mol. The maximum Gasteiger partial charge on any atom is 0.348 e. The van der Waals surface area contributed by atoms with Crippen LogP contribution in [0.3, 0.4) is 0 Å². The van der Waals surface area contributed by atoms with E-state index in [-0.39, 0.29) is 10.6 Å². The Kier molecular flexibility index (Phi) is 2.05. The molecule has 72 valence electrons. The van der Waals surface area contributed by atoms with Crippen molar-refractivity contribution in [3.63, 3.8) is 0 Å². The number of halogens is 1. The molecule has 0 unspecified atom stereocenters. The van der Waals surface area contributed by atoms with E-state index in [0.717, 1.165) is 11.3 Å². The van der Waals surface area contributed by atoms with Gasteiger partial charge in [-0.15, -0.1) is 11.3 Å². The molecule has 0 aromatic carbocycles. The topological polar surface area (TPSA) is 76.2 Å². The molecule has 0 saturated carbocycles. The molecule has 0 fully saturated rings. The molecule has 0 atom stereocenters. The Morgan fingerprint density at radius 3 is 2.93 bits per heavy atom. The standard InChI is InChI=1S/C8H5ClN2O2S/c9-3-1-2-11-5-4(10)7(8(12)13)14-6(3)5/h1-2H,10H2,(H,12,13). The molecule has 2 heterocycles. The summed E-state index contributed by atoms with van der Waals surface area (Å²) in [4.78, 5) is 14.8. The molecule has 0 saturated heterocycles. The molecule has 6 heteroatoms. The fraction of sp³-hybridized carbons (Fsp3) is 0. The van der Waals surface area contributed by atoms with Crippen molar-refractivity contribution in [2.24, 2.45) is 0 Å². The molecule has 0 spiro atoms. The SMILES string of the molecule is Nc1c(C(=O)O)sc2c(Cl)ccnc12. The number of thiophene rings is 1. The van der Waals surface area contributed by atoms with Crippen LogP contribution in [0.25, 0.3) is 10.2 Å². The van der Waals surface area contributed by atoms with Crippen LogP contribution >= 0.6 is 22.9 Å². The molecule has 14 heavy (non-hydrogen) atoms. The van der Waals surface area contributed by atoms with Gasteiger partial charge in [-0.3, -0.25) is 4.98 Å². The third-order valence-electron chi connectivity index (χ3n) is 1.75. The number of hydrogen-bond acceptors (Lipinski definition) is 4. The average molecular weight is 229 g/mol. The van der Waals surface area contributed by atoms with Crippen molar-refractivity contribution < 1.29 is 9.90 Å². The summed E-state index contributed by atoms with van der Waals surface area (Å²) in [5.74, 6) is -1.05. The molecule has 4 nitrogen and oxygen atoms in total. The number of hydrogen-bond donors (Lipinski definition) is 2. The summed E-state index contributed by atoms with van der Waals surface area (Å²) in [5.41, 5.74) is 6.26. The summed E-state index contributed by atoms with van der Waals surface area (Å²) in [6.07, 6.45) is 1.50. The van der Waals surface area contributed by atoms with E-state index in [9.17, 15) is 4.79 Å². The van der Waals surface area contributed by atoms with E-state index in [2.05, 4.69) is 4.98 Å². The zero-order valence-corrected chi connectivity index (χ0v) is 8.39. The highest BCUT2D eigenvalue weighted by molar-refractivity contribution is 7.22. The lowest BCUT2D eigenvalue weighted by molar-refractivity contribution is 0.0703. The molecule has 2 rings (SSSR count). The highest BCUT2D eigenvalue weighted by Crippen LogP contribution is 2.36. The number of carboxylic acid groups (broad SMARTS) is 1. The van der Waals surface area contributed by atoms with Gasteiger partial charge in [-0.1, -0.05) is 11.6 Å². The number of carbonyl (C=O) groups is 1. The van der Waals surface area contributed by atoms with E-state index in [0.29, 0.717) is 15.2 Å². The Morgan fingerprint density at radius 2 is 2.36 bits per heavy atom. The molecule has 2 aromatic rings. The minimum absolute atomic E-state index is 0.0839. The van der Waals surface area contributed by atoms with Crippen molar-refractivity contribution in [1.29, 1.82) is 0 Å². The van der Waals surface area contributed by atoms with Gasteiger partial charge in [0.1, 0.15) is 10.4 Å². The van der Waals surface area contributed by atoms with Gasteiger partial charge in [-0.2, -0.15) is 0 Å². The van der Waals surface area contributed by atoms with Crippen molar-refractivity contribution in [2.45, 2.75) is 0 Å². The van der Waals surface area contributed by atoms with Crippen molar-refractivity contribution in [1.82, 2.24) is 4.98 Å². The number of nitrogen functional groups attached to an aromatic ring is 1. The summed E-state index contributed by atoms with van der Waals surface area (Å²) >= 11 is 6.91. The number of anilines is 1. The van der Waals surface area contributed by atoms with E-state index in [4.69, 9.17) is 22.4 Å². The normalized spacial score (nSPS) is 10.6. The molecule has 0 aliphatic rings. The molecule has 0 aliphatic carbocycles. The van der Waals surface area contributed by atoms with E-state index < -0.39 is 5.97 Å². The molecular formula is C8H5ClN2O2S. The van der Waals surface area contributed by atoms with Gasteiger partial charge < -0.3 is 10.8 Å². The third-order valence-corrected chi connectivity index (χ3v) is 3.40. The van der Waals surface area contributed by atoms with Crippen LogP contribution < -0.4 is 5.73 Å². The zero-order chi connectivity index (χ0) is 10.3. The van der Waals surface area contributed by atoms with Gasteiger partial charge in [0.15, 0.2) is 0 Å². The third kappa shape index (κ3) is 1.21. The van der Waals surface area contributed by atoms with Gasteiger partial charge in [-0.25, -0.2) is 4.79 Å². The van der Waals surface area contributed by atoms with Crippen LogP contribution in [0, 0.1) is 0 Å². The van der Waals surface area contributed by atoms with Crippen LogP contribution in [-0.2, 0) is 0 Å². The van der Waals surface area contributed by atoms with Crippen LogP contribution in [0.5, 0.6) is 0 Å². The molecule has 2 aromatic heterocycles. The lowest BCUT2D eigenvalue weighted by Crippen LogP contribution is -1.97. The second-order valence-corrected chi connectivity index (χ2v) is 4.05. The quantitative estimate of drug-likeness (QED) is 0.785. The Hall–Kier alpha value is -1.33. The van der Waals surface area contributed by atoms with Crippen LogP contribution in [0.15, 0.2) is 12.3 Å². The monoisotopic (exact) mass is 228 g/mol. The van der Waals surface area contributed by atoms with Gasteiger partial charge in [0, 0.05) is 6.20 Å². The van der Waals surface area contributed by atoms with Crippen molar-refractivity contribution in [2.75, 3.05) is 5.73 Å². The Morgan fingerprint density at radius 1 is 1.64 bits per heavy atom. The van der Waals surface area contributed by atoms with Gasteiger partial charge in [0.25, 0.3) is 0 Å². The second-order valence-electron chi connectivity index (χ2n) is 2.62. The summed E-state index contributed by atoms with van der Waals surface area (Å²) in [6, 6.07) is 1.60. The zero-order valence-electron chi connectivity index (χ0n) is 6.82. The number of aromatic carboxylic acids is 1. The summed E-state index contributed by atoms with van der Waals surface area (Å²) in [7, 11) is 0. The highest BCUT2D eigenvalue weighted by Gasteiger charge is 2.17. The Balaban J connectivity index is 2.86. The van der Waals surface area contributed by atoms with Crippen LogP contribution in [-0.4, -0.2) is 16.1 Å². The maximum atomic E-state index is 10.8. The van der Waals surface area contributed by atoms with Crippen LogP contribution in [0.4, 0.5) is 5.69 Å². The van der Waals surface area contributed by atoms with Gasteiger partial charge >= 0.3 is 5.97 Å². The van der Waals surface area contributed by atoms with Gasteiger partial charge in [0.2, 0.25) is 0 Å². The van der Waals surface area contributed by atoms with Crippen LogP contribution in [0.1, 0.15) is 9.67 Å². The molecule has 0 amide bonds. The first-order chi connectivity index (χ1) is 6.61. The number of carboxylic acids is 1. The first-order valence-corrected chi connectivity index (χ1v) is 4.86. The Labute approximate surface area is 87.9 Å². The second kappa shape index (κ2) is 3.11. The maximum absolute atomic E-state index is 10.8. The number of nitrogens with two attached hydrogens (primary N) is 1. The molecule has 0 bridgehead atoms. The molecule has 0 radical (unpaired) electrons. The van der Waals surface area contributed by atoms with Crippen molar-refractivity contribution in [3.05, 3.63) is 22.2 Å². The number of fused-ring (bicyclic) bond motifs is 1. The fourth-order valence-electron chi connectivity index (χ4n) is 1.14. The summed E-state index contributed by atoms with van der Waals surface area (Å²) in [6.45, 7) is 0. The van der Waals surface area contributed by atoms with E-state index in [1.165, 1.54) is 6.20 Å². The summed E-state index contributed by atoms with van der Waals surface area (Å²) < 4.78 is 0.615. The average Bonchev–Trinajstić information content (AvgIpc) is 2.46. The van der Waals surface area contributed by atoms with Crippen molar-refractivity contribution in [3.8, 4) is 0 Å². The molecular weight excluding hydrogens is 224 g/mol. The predicted octanol–water partition coefficient (Wildman–Crippen LogP) is 2.23. The lowest BCUT2D eigenvalue weighted by Gasteiger charge is -1.91. The van der Waals surface area contributed by atoms with Gasteiger partial charge in [-0.05, 0) is 6.07 Å². The highest BCUT2D eigenvalue weighted by atomic mass is 35.5. The fourth-order valence-corrected chi connectivity index (χ4v) is 2.32. The van der Waals surface area contributed by atoms with Crippen LogP contribution in [0.2, 0.25) is 5.02 Å². The molecule has 3 N–H and O–H groups in total. The Bertz CT molecular complexity index is 523. The molecule has 0 aliphatic heterocycles. The van der Waals surface area contributed by atoms with E-state index >= 15 is 0 Å². The number of pyridine rings is 1. The number of aromatic nitrogens is 1. The van der Waals surface area contributed by atoms with Gasteiger partial charge in [0.05, 0.1) is 15.4 Å². The smallest absolute Gasteiger partial charge is 0.348 e. The first kappa shape index (κ1) is 9.23. The summed E-state index contributed by atoms with van der Waals surface area (Å²) in [5, 5.41) is 9.29. The minimum Gasteiger partial charge on any atom is -0.477 e. The number of nitrogens with zero attached hydrogens (tertiary/aromatic N) is 1. The van der Waals surface area contributed by atoms with Crippen molar-refractivity contribution >= 4 is 44.8 Å². The first-order valence-electron chi connectivity index (χ1n) is 3.67. The van der Waals surface area contributed by atoms with E-state index in [1.807, 2.05) is 0 Å². The largest absolute Gasteiger partial charge is 0.477 e. The lowest BCUT2D eigenvalue weighted by atomic mass is 10.3.